The van der Waals surface area contributed by atoms with Crippen molar-refractivity contribution in [2.24, 2.45) is 0 Å². The van der Waals surface area contributed by atoms with Crippen molar-refractivity contribution < 1.29 is 4.79 Å². The molecule has 1 aromatic carbocycles. The van der Waals surface area contributed by atoms with Gasteiger partial charge in [-0.25, -0.2) is 9.97 Å². The third kappa shape index (κ3) is 5.74. The Kier molecular flexibility index (Phi) is 7.17. The van der Waals surface area contributed by atoms with E-state index in [9.17, 15) is 4.79 Å². The van der Waals surface area contributed by atoms with Crippen LogP contribution >= 0.6 is 11.3 Å². The van der Waals surface area contributed by atoms with Gasteiger partial charge in [0.2, 0.25) is 5.91 Å². The summed E-state index contributed by atoms with van der Waals surface area (Å²) in [5.41, 5.74) is 1.18. The van der Waals surface area contributed by atoms with Gasteiger partial charge in [0.1, 0.15) is 16.5 Å². The average molecular weight is 412 g/mol. The number of aromatic nitrogens is 2. The molecular weight excluding hydrogens is 382 g/mol. The van der Waals surface area contributed by atoms with Crippen molar-refractivity contribution in [2.45, 2.75) is 19.8 Å². The highest BCUT2D eigenvalue weighted by Gasteiger charge is 2.15. The molecule has 2 aromatic heterocycles. The molecule has 0 atom stereocenters. The van der Waals surface area contributed by atoms with Gasteiger partial charge in [-0.3, -0.25) is 4.79 Å². The van der Waals surface area contributed by atoms with E-state index in [-0.39, 0.29) is 5.91 Å². The minimum absolute atomic E-state index is 0.0768. The molecule has 2 heterocycles. The van der Waals surface area contributed by atoms with Crippen molar-refractivity contribution >= 4 is 33.3 Å². The van der Waals surface area contributed by atoms with Crippen LogP contribution in [0, 0.1) is 6.92 Å². The molecule has 1 amide bonds. The number of amides is 1. The SMILES string of the molecule is Cc1nc(N(C)CCC(=O)NCCCN(C)C)c2cc(-c3ccccc3)sc2n1. The summed E-state index contributed by atoms with van der Waals surface area (Å²) in [7, 11) is 6.06. The minimum atomic E-state index is 0.0768. The van der Waals surface area contributed by atoms with Crippen molar-refractivity contribution in [3.63, 3.8) is 0 Å². The highest BCUT2D eigenvalue weighted by molar-refractivity contribution is 7.21. The molecule has 0 aliphatic rings. The Morgan fingerprint density at radius 3 is 2.59 bits per heavy atom. The highest BCUT2D eigenvalue weighted by atomic mass is 32.1. The summed E-state index contributed by atoms with van der Waals surface area (Å²) < 4.78 is 0. The number of benzene rings is 1. The molecule has 154 valence electrons. The zero-order chi connectivity index (χ0) is 20.8. The number of rotatable bonds is 9. The molecule has 0 radical (unpaired) electrons. The average Bonchev–Trinajstić information content (AvgIpc) is 3.13. The largest absolute Gasteiger partial charge is 0.359 e. The number of nitrogens with zero attached hydrogens (tertiary/aromatic N) is 4. The molecular formula is C22H29N5OS. The molecule has 0 saturated heterocycles. The van der Waals surface area contributed by atoms with E-state index in [2.05, 4.69) is 43.3 Å². The molecule has 29 heavy (non-hydrogen) atoms. The van der Waals surface area contributed by atoms with Gasteiger partial charge < -0.3 is 15.1 Å². The van der Waals surface area contributed by atoms with E-state index in [1.807, 2.05) is 46.3 Å². The fourth-order valence-corrected chi connectivity index (χ4v) is 4.21. The number of aryl methyl sites for hydroxylation is 1. The van der Waals surface area contributed by atoms with Crippen molar-refractivity contribution in [3.8, 4) is 10.4 Å². The normalized spacial score (nSPS) is 11.2. The summed E-state index contributed by atoms with van der Waals surface area (Å²) in [5, 5.41) is 4.03. The number of carbonyl (C=O) groups excluding carboxylic acids is 1. The summed E-state index contributed by atoms with van der Waals surface area (Å²) >= 11 is 1.68. The van der Waals surface area contributed by atoms with Crippen LogP contribution in [0.2, 0.25) is 0 Å². The molecule has 0 saturated carbocycles. The Morgan fingerprint density at radius 1 is 1.10 bits per heavy atom. The van der Waals surface area contributed by atoms with Gasteiger partial charge in [-0.1, -0.05) is 30.3 Å². The summed E-state index contributed by atoms with van der Waals surface area (Å²) in [6, 6.07) is 12.5. The maximum atomic E-state index is 12.2. The van der Waals surface area contributed by atoms with Gasteiger partial charge in [0.15, 0.2) is 0 Å². The molecule has 7 heteroatoms. The maximum absolute atomic E-state index is 12.2. The van der Waals surface area contributed by atoms with Crippen LogP contribution in [-0.2, 0) is 4.79 Å². The second-order valence-electron chi connectivity index (χ2n) is 7.47. The van der Waals surface area contributed by atoms with E-state index < -0.39 is 0 Å². The number of carbonyl (C=O) groups is 1. The molecule has 0 aliphatic heterocycles. The number of nitrogens with one attached hydrogen (secondary N) is 1. The molecule has 0 aliphatic carbocycles. The van der Waals surface area contributed by atoms with Gasteiger partial charge in [-0.15, -0.1) is 11.3 Å². The summed E-state index contributed by atoms with van der Waals surface area (Å²) in [6.45, 7) is 4.21. The number of hydrogen-bond acceptors (Lipinski definition) is 6. The van der Waals surface area contributed by atoms with Crippen LogP contribution in [0.4, 0.5) is 5.82 Å². The van der Waals surface area contributed by atoms with Gasteiger partial charge >= 0.3 is 0 Å². The Morgan fingerprint density at radius 2 is 1.86 bits per heavy atom. The lowest BCUT2D eigenvalue weighted by molar-refractivity contribution is -0.120. The lowest BCUT2D eigenvalue weighted by Gasteiger charge is -2.19. The van der Waals surface area contributed by atoms with Gasteiger partial charge in [-0.05, 0) is 45.6 Å². The van der Waals surface area contributed by atoms with Crippen LogP contribution in [0.5, 0.6) is 0 Å². The third-order valence-electron chi connectivity index (χ3n) is 4.68. The zero-order valence-electron chi connectivity index (χ0n) is 17.6. The fourth-order valence-electron chi connectivity index (χ4n) is 3.13. The molecule has 0 spiro atoms. The van der Waals surface area contributed by atoms with Crippen LogP contribution in [-0.4, -0.2) is 61.6 Å². The lowest BCUT2D eigenvalue weighted by atomic mass is 10.2. The predicted molar refractivity (Wildman–Crippen MR) is 122 cm³/mol. The molecule has 1 N–H and O–H groups in total. The molecule has 0 unspecified atom stereocenters. The Bertz CT molecular complexity index is 954. The molecule has 3 rings (SSSR count). The zero-order valence-corrected chi connectivity index (χ0v) is 18.4. The summed E-state index contributed by atoms with van der Waals surface area (Å²) in [4.78, 5) is 27.8. The standard InChI is InChI=1S/C22H29N5OS/c1-16-24-21(27(4)14-11-20(28)23-12-8-13-26(2)3)18-15-19(29-22(18)25-16)17-9-6-5-7-10-17/h5-7,9-10,15H,8,11-14H2,1-4H3,(H,23,28). The quantitative estimate of drug-likeness (QED) is 0.546. The van der Waals surface area contributed by atoms with E-state index >= 15 is 0 Å². The van der Waals surface area contributed by atoms with Crippen molar-refractivity contribution in [1.29, 1.82) is 0 Å². The molecule has 0 fully saturated rings. The van der Waals surface area contributed by atoms with Crippen LogP contribution in [0.3, 0.4) is 0 Å². The van der Waals surface area contributed by atoms with Gasteiger partial charge in [0.25, 0.3) is 0 Å². The first-order chi connectivity index (χ1) is 13.9. The van der Waals surface area contributed by atoms with Crippen LogP contribution < -0.4 is 10.2 Å². The van der Waals surface area contributed by atoms with Crippen LogP contribution in [0.15, 0.2) is 36.4 Å². The van der Waals surface area contributed by atoms with Crippen LogP contribution in [0.25, 0.3) is 20.7 Å². The minimum Gasteiger partial charge on any atom is -0.359 e. The third-order valence-corrected chi connectivity index (χ3v) is 5.76. The number of fused-ring (bicyclic) bond motifs is 1. The summed E-state index contributed by atoms with van der Waals surface area (Å²) in [6.07, 6.45) is 1.40. The van der Waals surface area contributed by atoms with Gasteiger partial charge in [0.05, 0.1) is 5.39 Å². The van der Waals surface area contributed by atoms with Gasteiger partial charge in [0, 0.05) is 31.4 Å². The van der Waals surface area contributed by atoms with E-state index in [0.717, 1.165) is 34.8 Å². The second kappa shape index (κ2) is 9.80. The maximum Gasteiger partial charge on any atom is 0.221 e. The number of thiophene rings is 1. The number of hydrogen-bond donors (Lipinski definition) is 1. The van der Waals surface area contributed by atoms with E-state index in [1.165, 1.54) is 10.4 Å². The van der Waals surface area contributed by atoms with Crippen molar-refractivity contribution in [2.75, 3.05) is 45.7 Å². The summed E-state index contributed by atoms with van der Waals surface area (Å²) in [5.74, 6) is 1.70. The highest BCUT2D eigenvalue weighted by Crippen LogP contribution is 2.36. The first kappa shape index (κ1) is 21.2. The second-order valence-corrected chi connectivity index (χ2v) is 8.50. The van der Waals surface area contributed by atoms with Gasteiger partial charge in [-0.2, -0.15) is 0 Å². The Labute approximate surface area is 176 Å². The van der Waals surface area contributed by atoms with Crippen molar-refractivity contribution in [3.05, 3.63) is 42.2 Å². The topological polar surface area (TPSA) is 61.4 Å². The molecule has 0 bridgehead atoms. The Balaban J connectivity index is 1.68. The van der Waals surface area contributed by atoms with E-state index in [4.69, 9.17) is 0 Å². The predicted octanol–water partition coefficient (Wildman–Crippen LogP) is 3.56. The molecule has 3 aromatic rings. The Hall–Kier alpha value is -2.51. The smallest absolute Gasteiger partial charge is 0.221 e. The number of anilines is 1. The van der Waals surface area contributed by atoms with Crippen molar-refractivity contribution in [1.82, 2.24) is 20.2 Å². The van der Waals surface area contributed by atoms with Crippen LogP contribution in [0.1, 0.15) is 18.7 Å². The molecule has 6 nitrogen and oxygen atoms in total. The fraction of sp³-hybridized carbons (Fsp3) is 0.409. The van der Waals surface area contributed by atoms with E-state index in [0.29, 0.717) is 19.5 Å². The first-order valence-corrected chi connectivity index (χ1v) is 10.7. The lowest BCUT2D eigenvalue weighted by Crippen LogP contribution is -2.31. The van der Waals surface area contributed by atoms with E-state index in [1.54, 1.807) is 11.3 Å². The monoisotopic (exact) mass is 411 g/mol. The first-order valence-electron chi connectivity index (χ1n) is 9.90.